The number of esters is 3. The maximum Gasteiger partial charge on any atom is 0.306 e. The van der Waals surface area contributed by atoms with Gasteiger partial charge in [0.2, 0.25) is 0 Å². The molecule has 0 saturated carbocycles. The normalized spacial score (nSPS) is 12.9. The zero-order valence-electron chi connectivity index (χ0n) is 39.4. The van der Waals surface area contributed by atoms with E-state index in [1.54, 1.807) is 0 Å². The Morgan fingerprint density at radius 1 is 0.344 bits per heavy atom. The number of hydrogen-bond acceptors (Lipinski definition) is 6. The lowest BCUT2D eigenvalue weighted by atomic mass is 10.1. The Morgan fingerprint density at radius 2 is 0.672 bits per heavy atom. The summed E-state index contributed by atoms with van der Waals surface area (Å²) >= 11 is 0. The first kappa shape index (κ1) is 57.3. The van der Waals surface area contributed by atoms with Crippen molar-refractivity contribution >= 4 is 17.9 Å². The second kappa shape index (κ2) is 49.0. The van der Waals surface area contributed by atoms with Crippen LogP contribution < -0.4 is 0 Å². The van der Waals surface area contributed by atoms with Crippen molar-refractivity contribution in [2.24, 2.45) is 0 Å². The minimum absolute atomic E-state index is 0.138. The SMILES string of the molecule is CC/C=C/C/C=C/C/C=C/C/C=C/C/C=C/CCC(=O)OCC(COC(=O)CC/C=C/C/C=C/CCCCCCCC)OC(=O)CCCCC/C=C/CCCCCCCCC. The molecular weight excluding hydrogens is 757 g/mol. The molecule has 0 aliphatic carbocycles. The van der Waals surface area contributed by atoms with Crippen LogP contribution in [0.5, 0.6) is 0 Å². The van der Waals surface area contributed by atoms with Crippen molar-refractivity contribution in [3.63, 3.8) is 0 Å². The molecule has 0 saturated heterocycles. The molecule has 0 aliphatic rings. The largest absolute Gasteiger partial charge is 0.462 e. The Bertz CT molecular complexity index is 1250. The summed E-state index contributed by atoms with van der Waals surface area (Å²) in [5.74, 6) is -1.11. The lowest BCUT2D eigenvalue weighted by Crippen LogP contribution is -2.30. The summed E-state index contributed by atoms with van der Waals surface area (Å²) in [6.45, 7) is 6.36. The molecule has 0 rings (SSSR count). The zero-order valence-corrected chi connectivity index (χ0v) is 39.4. The van der Waals surface area contributed by atoms with Gasteiger partial charge in [-0.2, -0.15) is 0 Å². The number of carbonyl (C=O) groups is 3. The van der Waals surface area contributed by atoms with Gasteiger partial charge in [-0.25, -0.2) is 0 Å². The molecule has 6 heteroatoms. The highest BCUT2D eigenvalue weighted by molar-refractivity contribution is 5.71. The molecule has 0 bridgehead atoms. The van der Waals surface area contributed by atoms with Crippen LogP contribution in [-0.4, -0.2) is 37.2 Å². The van der Waals surface area contributed by atoms with E-state index >= 15 is 0 Å². The third-order valence-corrected chi connectivity index (χ3v) is 10.1. The van der Waals surface area contributed by atoms with Gasteiger partial charge >= 0.3 is 17.9 Å². The predicted molar refractivity (Wildman–Crippen MR) is 260 cm³/mol. The van der Waals surface area contributed by atoms with Crippen LogP contribution in [0, 0.1) is 0 Å². The van der Waals surface area contributed by atoms with Crippen LogP contribution in [0.25, 0.3) is 0 Å². The van der Waals surface area contributed by atoms with E-state index in [9.17, 15) is 14.4 Å². The number of rotatable bonds is 43. The van der Waals surface area contributed by atoms with E-state index in [1.165, 1.54) is 83.5 Å². The monoisotopic (exact) mass is 847 g/mol. The van der Waals surface area contributed by atoms with Crippen LogP contribution in [0.1, 0.15) is 213 Å². The fourth-order valence-corrected chi connectivity index (χ4v) is 6.36. The Balaban J connectivity index is 4.59. The molecule has 0 heterocycles. The first-order valence-corrected chi connectivity index (χ1v) is 24.7. The van der Waals surface area contributed by atoms with Crippen molar-refractivity contribution in [2.75, 3.05) is 13.2 Å². The van der Waals surface area contributed by atoms with Gasteiger partial charge in [0, 0.05) is 19.3 Å². The quantitative estimate of drug-likeness (QED) is 0.0263. The molecular formula is C55H90O6. The third-order valence-electron chi connectivity index (χ3n) is 10.1. The van der Waals surface area contributed by atoms with Gasteiger partial charge < -0.3 is 14.2 Å². The molecule has 0 aromatic rings. The molecule has 0 fully saturated rings. The van der Waals surface area contributed by atoms with Gasteiger partial charge in [0.25, 0.3) is 0 Å². The Hall–Kier alpha value is -3.67. The smallest absolute Gasteiger partial charge is 0.306 e. The van der Waals surface area contributed by atoms with Crippen molar-refractivity contribution in [1.29, 1.82) is 0 Å². The van der Waals surface area contributed by atoms with Crippen LogP contribution >= 0.6 is 0 Å². The Labute approximate surface area is 375 Å². The van der Waals surface area contributed by atoms with Crippen LogP contribution in [0.2, 0.25) is 0 Å². The zero-order chi connectivity index (χ0) is 44.4. The average Bonchev–Trinajstić information content (AvgIpc) is 3.26. The van der Waals surface area contributed by atoms with Crippen LogP contribution in [-0.2, 0) is 28.6 Å². The van der Waals surface area contributed by atoms with Gasteiger partial charge in [-0.05, 0) is 96.3 Å². The highest BCUT2D eigenvalue weighted by Gasteiger charge is 2.19. The fourth-order valence-electron chi connectivity index (χ4n) is 6.36. The maximum absolute atomic E-state index is 12.8. The number of allylic oxidation sites excluding steroid dienone is 16. The van der Waals surface area contributed by atoms with E-state index in [0.29, 0.717) is 12.8 Å². The first-order valence-electron chi connectivity index (χ1n) is 24.7. The molecule has 1 unspecified atom stereocenters. The van der Waals surface area contributed by atoms with E-state index in [0.717, 1.165) is 77.0 Å². The van der Waals surface area contributed by atoms with Gasteiger partial charge in [-0.1, -0.05) is 195 Å². The van der Waals surface area contributed by atoms with Crippen molar-refractivity contribution < 1.29 is 28.6 Å². The van der Waals surface area contributed by atoms with Crippen LogP contribution in [0.15, 0.2) is 97.2 Å². The van der Waals surface area contributed by atoms with Crippen molar-refractivity contribution in [3.05, 3.63) is 97.2 Å². The highest BCUT2D eigenvalue weighted by Crippen LogP contribution is 2.12. The molecule has 0 N–H and O–H groups in total. The van der Waals surface area contributed by atoms with Crippen LogP contribution in [0.3, 0.4) is 0 Å². The molecule has 0 aliphatic heterocycles. The van der Waals surface area contributed by atoms with E-state index < -0.39 is 6.10 Å². The van der Waals surface area contributed by atoms with Gasteiger partial charge in [0.05, 0.1) is 0 Å². The lowest BCUT2D eigenvalue weighted by Gasteiger charge is -2.18. The van der Waals surface area contributed by atoms with E-state index in [-0.39, 0.29) is 50.4 Å². The minimum Gasteiger partial charge on any atom is -0.462 e. The van der Waals surface area contributed by atoms with Gasteiger partial charge in [-0.3, -0.25) is 14.4 Å². The van der Waals surface area contributed by atoms with Crippen LogP contribution in [0.4, 0.5) is 0 Å². The summed E-state index contributed by atoms with van der Waals surface area (Å²) in [5.41, 5.74) is 0. The molecule has 1 atom stereocenters. The van der Waals surface area contributed by atoms with E-state index in [1.807, 2.05) is 18.2 Å². The van der Waals surface area contributed by atoms with E-state index in [2.05, 4.69) is 99.8 Å². The summed E-state index contributed by atoms with van der Waals surface area (Å²) in [5, 5.41) is 0. The number of carbonyl (C=O) groups excluding carboxylic acids is 3. The van der Waals surface area contributed by atoms with Crippen molar-refractivity contribution in [1.82, 2.24) is 0 Å². The number of unbranched alkanes of at least 4 members (excludes halogenated alkanes) is 16. The average molecular weight is 847 g/mol. The Morgan fingerprint density at radius 3 is 1.08 bits per heavy atom. The number of hydrogen-bond donors (Lipinski definition) is 0. The minimum atomic E-state index is -0.837. The second-order valence-electron chi connectivity index (χ2n) is 16.0. The highest BCUT2D eigenvalue weighted by atomic mass is 16.6. The molecule has 0 amide bonds. The summed E-state index contributed by atoms with van der Waals surface area (Å²) in [6.07, 6.45) is 64.2. The summed E-state index contributed by atoms with van der Waals surface area (Å²) in [7, 11) is 0. The number of ether oxygens (including phenoxy) is 3. The van der Waals surface area contributed by atoms with Gasteiger partial charge in [-0.15, -0.1) is 0 Å². The van der Waals surface area contributed by atoms with Crippen molar-refractivity contribution in [2.45, 2.75) is 219 Å². The molecule has 0 spiro atoms. The molecule has 0 aromatic heterocycles. The molecule has 6 nitrogen and oxygen atoms in total. The molecule has 0 aromatic carbocycles. The first-order chi connectivity index (χ1) is 30.0. The summed E-state index contributed by atoms with van der Waals surface area (Å²) < 4.78 is 16.6. The Kier molecular flexibility index (Phi) is 46.0. The third kappa shape index (κ3) is 47.2. The summed E-state index contributed by atoms with van der Waals surface area (Å²) in [6, 6.07) is 0. The second-order valence-corrected chi connectivity index (χ2v) is 16.0. The lowest BCUT2D eigenvalue weighted by molar-refractivity contribution is -0.166. The standard InChI is InChI=1S/C55H90O6/c1-4-7-10-13-16-19-22-25-27-28-31-33-36-39-42-45-48-54(57)60-51-52(50-59-53(56)47-44-41-38-35-32-29-24-21-18-15-12-9-6-3)61-55(58)49-46-43-40-37-34-30-26-23-20-17-14-11-8-5-2/h7,10,16,19,25,27,29-34,38-39,41-42,52H,4-6,8-9,11-15,17-18,20-24,26,28,35-37,40,43-51H2,1-3H3/b10-7+,19-16+,27-25+,32-29+,33-31+,34-30+,41-38+,42-39+. The predicted octanol–water partition coefficient (Wildman–Crippen LogP) is 16.2. The van der Waals surface area contributed by atoms with Crippen molar-refractivity contribution in [3.8, 4) is 0 Å². The maximum atomic E-state index is 12.8. The van der Waals surface area contributed by atoms with E-state index in [4.69, 9.17) is 14.2 Å². The molecule has 61 heavy (non-hydrogen) atoms. The molecule has 346 valence electrons. The summed E-state index contributed by atoms with van der Waals surface area (Å²) in [4.78, 5) is 37.8. The molecule has 0 radical (unpaired) electrons. The van der Waals surface area contributed by atoms with Gasteiger partial charge in [0.15, 0.2) is 6.10 Å². The topological polar surface area (TPSA) is 78.9 Å². The fraction of sp³-hybridized carbons (Fsp3) is 0.655. The van der Waals surface area contributed by atoms with Gasteiger partial charge in [0.1, 0.15) is 13.2 Å².